The third-order valence-corrected chi connectivity index (χ3v) is 11.4. The summed E-state index contributed by atoms with van der Waals surface area (Å²) < 4.78 is 2.40. The Labute approximate surface area is 345 Å². The lowest BCUT2D eigenvalue weighted by Gasteiger charge is -2.30. The monoisotopic (exact) mass is 758 g/mol. The number of rotatable bonds is 8. The molecule has 0 atom stereocenters. The van der Waals surface area contributed by atoms with E-state index in [9.17, 15) is 0 Å². The molecule has 4 heteroatoms. The van der Waals surface area contributed by atoms with E-state index < -0.39 is 0 Å². The van der Waals surface area contributed by atoms with Crippen LogP contribution in [0.15, 0.2) is 200 Å². The Morgan fingerprint density at radius 3 is 1.54 bits per heavy atom. The summed E-state index contributed by atoms with van der Waals surface area (Å²) in [7, 11) is 0. The summed E-state index contributed by atoms with van der Waals surface area (Å²) in [5.41, 5.74) is 18.9. The van der Waals surface area contributed by atoms with Gasteiger partial charge in [-0.05, 0) is 126 Å². The zero-order valence-corrected chi connectivity index (χ0v) is 33.3. The Morgan fingerprint density at radius 1 is 0.407 bits per heavy atom. The van der Waals surface area contributed by atoms with E-state index in [2.05, 4.69) is 218 Å². The van der Waals surface area contributed by atoms with Crippen LogP contribution in [0, 0.1) is 20.8 Å². The molecule has 10 rings (SSSR count). The number of hydrogen-bond acceptors (Lipinski definition) is 3. The molecule has 0 N–H and O–H groups in total. The smallest absolute Gasteiger partial charge is 0.0709 e. The molecular formula is C55H42N4. The van der Waals surface area contributed by atoms with Gasteiger partial charge in [-0.2, -0.15) is 0 Å². The fourth-order valence-corrected chi connectivity index (χ4v) is 8.64. The van der Waals surface area contributed by atoms with Crippen LogP contribution in [0.4, 0.5) is 17.1 Å². The van der Waals surface area contributed by atoms with Gasteiger partial charge in [-0.3, -0.25) is 9.97 Å². The second kappa shape index (κ2) is 15.1. The van der Waals surface area contributed by atoms with Crippen molar-refractivity contribution < 1.29 is 0 Å². The topological polar surface area (TPSA) is 34.0 Å². The summed E-state index contributed by atoms with van der Waals surface area (Å²) in [4.78, 5) is 12.2. The number of anilines is 3. The summed E-state index contributed by atoms with van der Waals surface area (Å²) in [6.45, 7) is 6.60. The first-order chi connectivity index (χ1) is 29.0. The lowest BCUT2D eigenvalue weighted by atomic mass is 9.99. The van der Waals surface area contributed by atoms with Gasteiger partial charge >= 0.3 is 0 Å². The Hall–Kier alpha value is -7.56. The highest BCUT2D eigenvalue weighted by atomic mass is 15.1. The quantitative estimate of drug-likeness (QED) is 0.155. The molecule has 0 aliphatic carbocycles. The first kappa shape index (κ1) is 35.8. The fraction of sp³-hybridized carbons (Fsp3) is 0.0545. The van der Waals surface area contributed by atoms with Gasteiger partial charge in [0.25, 0.3) is 0 Å². The third kappa shape index (κ3) is 6.65. The van der Waals surface area contributed by atoms with Crippen LogP contribution in [-0.4, -0.2) is 14.5 Å². The molecule has 0 unspecified atom stereocenters. The minimum Gasteiger partial charge on any atom is -0.310 e. The van der Waals surface area contributed by atoms with Crippen molar-refractivity contribution >= 4 is 38.9 Å². The zero-order chi connectivity index (χ0) is 39.9. The van der Waals surface area contributed by atoms with E-state index in [0.717, 1.165) is 56.4 Å². The van der Waals surface area contributed by atoms with Crippen LogP contribution in [0.3, 0.4) is 0 Å². The highest BCUT2D eigenvalue weighted by molar-refractivity contribution is 6.09. The predicted molar refractivity (Wildman–Crippen MR) is 247 cm³/mol. The Bertz CT molecular complexity index is 3070. The van der Waals surface area contributed by atoms with Crippen LogP contribution in [0.25, 0.3) is 72.3 Å². The first-order valence-electron chi connectivity index (χ1n) is 20.1. The van der Waals surface area contributed by atoms with E-state index in [1.165, 1.54) is 49.6 Å². The lowest BCUT2D eigenvalue weighted by molar-refractivity contribution is 1.14. The van der Waals surface area contributed by atoms with Crippen LogP contribution >= 0.6 is 0 Å². The van der Waals surface area contributed by atoms with Crippen LogP contribution in [-0.2, 0) is 0 Å². The number of nitrogens with zero attached hydrogens (tertiary/aromatic N) is 4. The van der Waals surface area contributed by atoms with E-state index in [1.54, 1.807) is 0 Å². The predicted octanol–water partition coefficient (Wildman–Crippen LogP) is 14.6. The summed E-state index contributed by atoms with van der Waals surface area (Å²) in [5, 5.41) is 2.51. The van der Waals surface area contributed by atoms with Crippen LogP contribution in [0.5, 0.6) is 0 Å². The van der Waals surface area contributed by atoms with Crippen LogP contribution in [0.1, 0.15) is 16.7 Å². The van der Waals surface area contributed by atoms with Gasteiger partial charge in [-0.15, -0.1) is 0 Å². The molecule has 0 aliphatic heterocycles. The average Bonchev–Trinajstić information content (AvgIpc) is 3.63. The highest BCUT2D eigenvalue weighted by Gasteiger charge is 2.21. The molecular weight excluding hydrogens is 717 g/mol. The number of pyridine rings is 2. The van der Waals surface area contributed by atoms with Crippen molar-refractivity contribution in [1.29, 1.82) is 0 Å². The molecule has 0 saturated carbocycles. The SMILES string of the molecule is Cc1cnc(-c2cccc(N(c3cccc(-c4cc(-c5ccccc5)ccn4)c3)c3c(C)cc(-n4c5ccccc5c5ccccc54)cc3C)c2)cc1-c1ccccc1. The summed E-state index contributed by atoms with van der Waals surface area (Å²) in [6.07, 6.45) is 3.90. The van der Waals surface area contributed by atoms with Gasteiger partial charge < -0.3 is 9.47 Å². The van der Waals surface area contributed by atoms with Gasteiger partial charge in [-0.25, -0.2) is 0 Å². The molecule has 4 nitrogen and oxygen atoms in total. The fourth-order valence-electron chi connectivity index (χ4n) is 8.64. The number of benzene rings is 7. The molecule has 0 saturated heterocycles. The lowest BCUT2D eigenvalue weighted by Crippen LogP contribution is -2.14. The second-order valence-corrected chi connectivity index (χ2v) is 15.3. The van der Waals surface area contributed by atoms with Gasteiger partial charge in [-0.1, -0.05) is 121 Å². The largest absolute Gasteiger partial charge is 0.310 e. The second-order valence-electron chi connectivity index (χ2n) is 15.3. The molecule has 3 heterocycles. The van der Waals surface area contributed by atoms with Gasteiger partial charge in [0.2, 0.25) is 0 Å². The minimum absolute atomic E-state index is 0.925. The molecule has 10 aromatic rings. The van der Waals surface area contributed by atoms with Gasteiger partial charge in [0, 0.05) is 51.4 Å². The standard InChI is InChI=1S/C55H42N4/c1-37-30-47(59-53-26-12-10-24-48(53)49-25-11-13-27-54(49)59)31-38(2)55(37)58(45-22-14-20-43(32-45)51-34-42(28-29-56-51)40-16-6-4-7-17-40)46-23-15-21-44(33-46)52-35-50(39(3)36-57-52)41-18-8-5-9-19-41/h4-36H,1-3H3. The maximum atomic E-state index is 4.96. The summed E-state index contributed by atoms with van der Waals surface area (Å²) in [6, 6.07) is 67.2. The van der Waals surface area contributed by atoms with Crippen molar-refractivity contribution in [2.75, 3.05) is 4.90 Å². The third-order valence-electron chi connectivity index (χ3n) is 11.4. The molecule has 0 spiro atoms. The van der Waals surface area contributed by atoms with Crippen molar-refractivity contribution in [3.63, 3.8) is 0 Å². The average molecular weight is 759 g/mol. The molecule has 7 aromatic carbocycles. The molecule has 282 valence electrons. The van der Waals surface area contributed by atoms with Crippen molar-refractivity contribution in [3.05, 3.63) is 217 Å². The minimum atomic E-state index is 0.925. The van der Waals surface area contributed by atoms with Crippen molar-refractivity contribution in [2.45, 2.75) is 20.8 Å². The number of hydrogen-bond donors (Lipinski definition) is 0. The van der Waals surface area contributed by atoms with Gasteiger partial charge in [0.15, 0.2) is 0 Å². The zero-order valence-electron chi connectivity index (χ0n) is 33.3. The molecule has 3 aromatic heterocycles. The number of fused-ring (bicyclic) bond motifs is 3. The molecule has 0 fully saturated rings. The van der Waals surface area contributed by atoms with Crippen LogP contribution in [0.2, 0.25) is 0 Å². The van der Waals surface area contributed by atoms with E-state index in [-0.39, 0.29) is 0 Å². The van der Waals surface area contributed by atoms with Crippen molar-refractivity contribution in [1.82, 2.24) is 14.5 Å². The number of aryl methyl sites for hydroxylation is 3. The summed E-state index contributed by atoms with van der Waals surface area (Å²) in [5.74, 6) is 0. The molecule has 0 radical (unpaired) electrons. The van der Waals surface area contributed by atoms with Crippen molar-refractivity contribution in [3.8, 4) is 50.5 Å². The summed E-state index contributed by atoms with van der Waals surface area (Å²) >= 11 is 0. The van der Waals surface area contributed by atoms with Gasteiger partial charge in [0.05, 0.1) is 28.1 Å². The number of aromatic nitrogens is 3. The Kier molecular flexibility index (Phi) is 9.15. The Balaban J connectivity index is 1.14. The molecule has 0 bridgehead atoms. The van der Waals surface area contributed by atoms with E-state index in [4.69, 9.17) is 9.97 Å². The van der Waals surface area contributed by atoms with E-state index >= 15 is 0 Å². The molecule has 0 aliphatic rings. The van der Waals surface area contributed by atoms with Crippen LogP contribution < -0.4 is 4.90 Å². The van der Waals surface area contributed by atoms with E-state index in [1.807, 2.05) is 12.4 Å². The maximum Gasteiger partial charge on any atom is 0.0709 e. The Morgan fingerprint density at radius 2 is 0.932 bits per heavy atom. The maximum absolute atomic E-state index is 4.96. The molecule has 59 heavy (non-hydrogen) atoms. The van der Waals surface area contributed by atoms with Crippen molar-refractivity contribution in [2.24, 2.45) is 0 Å². The van der Waals surface area contributed by atoms with E-state index in [0.29, 0.717) is 0 Å². The molecule has 0 amide bonds. The van der Waals surface area contributed by atoms with Gasteiger partial charge in [0.1, 0.15) is 0 Å². The number of para-hydroxylation sites is 2. The normalized spacial score (nSPS) is 11.3. The first-order valence-corrected chi connectivity index (χ1v) is 20.1. The highest BCUT2D eigenvalue weighted by Crippen LogP contribution is 2.43.